The van der Waals surface area contributed by atoms with Gasteiger partial charge in [-0.25, -0.2) is 14.4 Å². The number of rotatable bonds is 4. The first-order valence-electron chi connectivity index (χ1n) is 9.02. The number of carbonyl (C=O) groups is 1. The van der Waals surface area contributed by atoms with E-state index in [1.807, 2.05) is 11.8 Å². The zero-order chi connectivity index (χ0) is 18.8. The molecule has 0 saturated carbocycles. The number of carbonyl (C=O) groups excluding carboxylic acids is 1. The standard InChI is InChI=1S/C20H20FN3O2S/c1-13-18(27-12-23-13)20(25)24-9-3-2-4-17(24)19-22-11-16(26-19)10-14-5-7-15(21)8-6-14/h5-8,11-12,17H,2-4,9-10H2,1H3/t17-/m1/s1. The molecule has 1 aliphatic heterocycles. The molecule has 1 aliphatic rings. The average molecular weight is 385 g/mol. The van der Waals surface area contributed by atoms with Gasteiger partial charge in [0.25, 0.3) is 5.91 Å². The zero-order valence-electron chi connectivity index (χ0n) is 15.0. The van der Waals surface area contributed by atoms with Gasteiger partial charge in [0.05, 0.1) is 17.4 Å². The van der Waals surface area contributed by atoms with Gasteiger partial charge in [-0.15, -0.1) is 11.3 Å². The van der Waals surface area contributed by atoms with Crippen LogP contribution >= 0.6 is 11.3 Å². The Morgan fingerprint density at radius 2 is 2.11 bits per heavy atom. The number of likely N-dealkylation sites (tertiary alicyclic amines) is 1. The van der Waals surface area contributed by atoms with E-state index in [9.17, 15) is 9.18 Å². The lowest BCUT2D eigenvalue weighted by Crippen LogP contribution is -2.38. The van der Waals surface area contributed by atoms with E-state index in [4.69, 9.17) is 4.42 Å². The topological polar surface area (TPSA) is 59.2 Å². The van der Waals surface area contributed by atoms with Crippen molar-refractivity contribution < 1.29 is 13.6 Å². The Morgan fingerprint density at radius 1 is 1.30 bits per heavy atom. The fourth-order valence-corrected chi connectivity index (χ4v) is 4.19. The van der Waals surface area contributed by atoms with Crippen molar-refractivity contribution in [1.29, 1.82) is 0 Å². The smallest absolute Gasteiger partial charge is 0.266 e. The molecule has 27 heavy (non-hydrogen) atoms. The first kappa shape index (κ1) is 17.9. The minimum atomic E-state index is -0.258. The summed E-state index contributed by atoms with van der Waals surface area (Å²) < 4.78 is 19.0. The second-order valence-corrected chi connectivity index (χ2v) is 7.60. The maximum Gasteiger partial charge on any atom is 0.266 e. The van der Waals surface area contributed by atoms with Crippen LogP contribution in [0.2, 0.25) is 0 Å². The molecule has 0 N–H and O–H groups in total. The normalized spacial score (nSPS) is 17.3. The summed E-state index contributed by atoms with van der Waals surface area (Å²) in [4.78, 5) is 24.2. The van der Waals surface area contributed by atoms with Gasteiger partial charge in [-0.05, 0) is 43.9 Å². The predicted molar refractivity (Wildman–Crippen MR) is 100 cm³/mol. The number of piperidine rings is 1. The van der Waals surface area contributed by atoms with Gasteiger partial charge in [-0.1, -0.05) is 12.1 Å². The van der Waals surface area contributed by atoms with Crippen molar-refractivity contribution in [3.8, 4) is 0 Å². The second-order valence-electron chi connectivity index (χ2n) is 6.75. The van der Waals surface area contributed by atoms with E-state index in [1.54, 1.807) is 23.8 Å². The van der Waals surface area contributed by atoms with E-state index in [0.29, 0.717) is 29.5 Å². The van der Waals surface area contributed by atoms with Crippen LogP contribution in [0, 0.1) is 12.7 Å². The van der Waals surface area contributed by atoms with Crippen LogP contribution in [-0.2, 0) is 6.42 Å². The number of nitrogens with zero attached hydrogens (tertiary/aromatic N) is 3. The predicted octanol–water partition coefficient (Wildman–Crippen LogP) is 4.54. The highest BCUT2D eigenvalue weighted by molar-refractivity contribution is 7.11. The van der Waals surface area contributed by atoms with Crippen molar-refractivity contribution in [2.45, 2.75) is 38.6 Å². The molecule has 1 aromatic carbocycles. The third-order valence-corrected chi connectivity index (χ3v) is 5.77. The van der Waals surface area contributed by atoms with Crippen LogP contribution in [0.3, 0.4) is 0 Å². The number of thiazole rings is 1. The molecule has 3 aromatic rings. The van der Waals surface area contributed by atoms with Crippen molar-refractivity contribution in [2.24, 2.45) is 0 Å². The van der Waals surface area contributed by atoms with Gasteiger partial charge in [0.1, 0.15) is 22.5 Å². The lowest BCUT2D eigenvalue weighted by atomic mass is 10.0. The van der Waals surface area contributed by atoms with Crippen LogP contribution in [-0.4, -0.2) is 27.3 Å². The van der Waals surface area contributed by atoms with E-state index in [0.717, 1.165) is 30.5 Å². The van der Waals surface area contributed by atoms with Crippen molar-refractivity contribution in [3.05, 3.63) is 69.6 Å². The van der Waals surface area contributed by atoms with Gasteiger partial charge in [0, 0.05) is 13.0 Å². The number of aryl methyl sites for hydroxylation is 1. The summed E-state index contributed by atoms with van der Waals surface area (Å²) in [7, 11) is 0. The Kier molecular flexibility index (Phi) is 5.03. The molecular formula is C20H20FN3O2S. The molecule has 0 spiro atoms. The van der Waals surface area contributed by atoms with Gasteiger partial charge in [0.15, 0.2) is 0 Å². The van der Waals surface area contributed by atoms with Gasteiger partial charge in [-0.3, -0.25) is 4.79 Å². The van der Waals surface area contributed by atoms with Gasteiger partial charge >= 0.3 is 0 Å². The fraction of sp³-hybridized carbons (Fsp3) is 0.350. The first-order valence-corrected chi connectivity index (χ1v) is 9.90. The van der Waals surface area contributed by atoms with Crippen LogP contribution in [0.5, 0.6) is 0 Å². The Morgan fingerprint density at radius 3 is 2.85 bits per heavy atom. The quantitative estimate of drug-likeness (QED) is 0.662. The molecule has 0 radical (unpaired) electrons. The van der Waals surface area contributed by atoms with E-state index in [2.05, 4.69) is 9.97 Å². The van der Waals surface area contributed by atoms with E-state index < -0.39 is 0 Å². The number of halogens is 1. The van der Waals surface area contributed by atoms with Crippen LogP contribution in [0.1, 0.15) is 57.9 Å². The molecule has 1 atom stereocenters. The largest absolute Gasteiger partial charge is 0.443 e. The molecule has 4 rings (SSSR count). The zero-order valence-corrected chi connectivity index (χ0v) is 15.8. The molecular weight excluding hydrogens is 365 g/mol. The van der Waals surface area contributed by atoms with E-state index in [-0.39, 0.29) is 17.8 Å². The highest BCUT2D eigenvalue weighted by atomic mass is 32.1. The monoisotopic (exact) mass is 385 g/mol. The number of benzene rings is 1. The van der Waals surface area contributed by atoms with E-state index >= 15 is 0 Å². The van der Waals surface area contributed by atoms with Crippen LogP contribution < -0.4 is 0 Å². The molecule has 1 amide bonds. The maximum atomic E-state index is 13.1. The van der Waals surface area contributed by atoms with Crippen molar-refractivity contribution in [1.82, 2.24) is 14.9 Å². The summed E-state index contributed by atoms with van der Waals surface area (Å²) in [6, 6.07) is 6.19. The summed E-state index contributed by atoms with van der Waals surface area (Å²) in [6.07, 6.45) is 5.09. The van der Waals surface area contributed by atoms with Gasteiger partial charge < -0.3 is 9.32 Å². The van der Waals surface area contributed by atoms with Crippen molar-refractivity contribution >= 4 is 17.2 Å². The molecule has 3 heterocycles. The maximum absolute atomic E-state index is 13.1. The Balaban J connectivity index is 1.54. The number of hydrogen-bond donors (Lipinski definition) is 0. The molecule has 0 bridgehead atoms. The minimum absolute atomic E-state index is 0.00187. The summed E-state index contributed by atoms with van der Waals surface area (Å²) in [5.74, 6) is 1.02. The number of oxazole rings is 1. The molecule has 0 unspecified atom stereocenters. The summed E-state index contributed by atoms with van der Waals surface area (Å²) >= 11 is 1.37. The van der Waals surface area contributed by atoms with Gasteiger partial charge in [-0.2, -0.15) is 0 Å². The SMILES string of the molecule is Cc1ncsc1C(=O)N1CCCC[C@@H]1c1ncc(Cc2ccc(F)cc2)o1. The average Bonchev–Trinajstić information content (AvgIpc) is 3.32. The Bertz CT molecular complexity index is 935. The summed E-state index contributed by atoms with van der Waals surface area (Å²) in [5, 5.41) is 0. The van der Waals surface area contributed by atoms with Crippen molar-refractivity contribution in [3.63, 3.8) is 0 Å². The Hall–Kier alpha value is -2.54. The molecule has 7 heteroatoms. The molecule has 5 nitrogen and oxygen atoms in total. The van der Waals surface area contributed by atoms with Crippen LogP contribution in [0.25, 0.3) is 0 Å². The third kappa shape index (κ3) is 3.78. The molecule has 2 aromatic heterocycles. The second kappa shape index (κ2) is 7.60. The summed E-state index contributed by atoms with van der Waals surface area (Å²) in [5.41, 5.74) is 3.42. The van der Waals surface area contributed by atoms with Crippen molar-refractivity contribution in [2.75, 3.05) is 6.54 Å². The molecule has 0 aliphatic carbocycles. The molecule has 140 valence electrons. The van der Waals surface area contributed by atoms with E-state index in [1.165, 1.54) is 23.5 Å². The van der Waals surface area contributed by atoms with Gasteiger partial charge in [0.2, 0.25) is 5.89 Å². The number of amides is 1. The number of hydrogen-bond acceptors (Lipinski definition) is 5. The summed E-state index contributed by atoms with van der Waals surface area (Å²) in [6.45, 7) is 2.55. The minimum Gasteiger partial charge on any atom is -0.443 e. The van der Waals surface area contributed by atoms with Crippen LogP contribution in [0.4, 0.5) is 4.39 Å². The highest BCUT2D eigenvalue weighted by Crippen LogP contribution is 2.33. The first-order chi connectivity index (χ1) is 13.1. The molecule has 1 saturated heterocycles. The van der Waals surface area contributed by atoms with Crippen LogP contribution in [0.15, 0.2) is 40.4 Å². The lowest BCUT2D eigenvalue weighted by Gasteiger charge is -2.33. The Labute approximate surface area is 160 Å². The highest BCUT2D eigenvalue weighted by Gasteiger charge is 2.33. The third-order valence-electron chi connectivity index (χ3n) is 4.85. The molecule has 1 fully saturated rings. The number of aromatic nitrogens is 2. The fourth-order valence-electron chi connectivity index (χ4n) is 3.43. The lowest BCUT2D eigenvalue weighted by molar-refractivity contribution is 0.0574.